The summed E-state index contributed by atoms with van der Waals surface area (Å²) >= 11 is 0. The van der Waals surface area contributed by atoms with E-state index in [9.17, 15) is 22.8 Å². The number of nitrogens with one attached hydrogen (secondary N) is 1. The van der Waals surface area contributed by atoms with Gasteiger partial charge >= 0.3 is 6.18 Å². The van der Waals surface area contributed by atoms with E-state index >= 15 is 0 Å². The van der Waals surface area contributed by atoms with Gasteiger partial charge in [0.2, 0.25) is 5.91 Å². The number of alkyl halides is 3. The summed E-state index contributed by atoms with van der Waals surface area (Å²) < 4.78 is 38.2. The third-order valence-corrected chi connectivity index (χ3v) is 3.62. The highest BCUT2D eigenvalue weighted by molar-refractivity contribution is 5.97. The summed E-state index contributed by atoms with van der Waals surface area (Å²) in [6.07, 6.45) is -4.53. The van der Waals surface area contributed by atoms with Crippen molar-refractivity contribution in [1.82, 2.24) is 5.32 Å². The first-order valence-corrected chi connectivity index (χ1v) is 7.47. The van der Waals surface area contributed by atoms with Gasteiger partial charge in [-0.25, -0.2) is 0 Å². The highest BCUT2D eigenvalue weighted by Crippen LogP contribution is 2.29. The zero-order chi connectivity index (χ0) is 19.3. The molecule has 26 heavy (non-hydrogen) atoms. The number of halogens is 3. The van der Waals surface area contributed by atoms with E-state index in [-0.39, 0.29) is 12.0 Å². The lowest BCUT2D eigenvalue weighted by Crippen LogP contribution is -2.45. The molecular weight excluding hydrogens is 347 g/mol. The van der Waals surface area contributed by atoms with Crippen LogP contribution >= 0.6 is 0 Å². The third-order valence-electron chi connectivity index (χ3n) is 3.62. The molecule has 0 saturated carbocycles. The van der Waals surface area contributed by atoms with Crippen molar-refractivity contribution in [1.29, 1.82) is 5.26 Å². The number of benzene rings is 2. The van der Waals surface area contributed by atoms with Crippen LogP contribution in [0, 0.1) is 11.3 Å². The first-order chi connectivity index (χ1) is 12.2. The second-order valence-electron chi connectivity index (χ2n) is 5.52. The molecule has 5 nitrogen and oxygen atoms in total. The highest BCUT2D eigenvalue weighted by Gasteiger charge is 2.31. The van der Waals surface area contributed by atoms with Gasteiger partial charge in [0.05, 0.1) is 17.2 Å². The van der Waals surface area contributed by atoms with E-state index < -0.39 is 29.6 Å². The van der Waals surface area contributed by atoms with Gasteiger partial charge in [-0.2, -0.15) is 18.4 Å². The number of primary amides is 1. The Morgan fingerprint density at radius 3 is 2.35 bits per heavy atom. The van der Waals surface area contributed by atoms with Crippen LogP contribution in [0.25, 0.3) is 0 Å². The average Bonchev–Trinajstić information content (AvgIpc) is 2.61. The van der Waals surface area contributed by atoms with Gasteiger partial charge in [-0.05, 0) is 35.9 Å². The maximum Gasteiger partial charge on any atom is 0.416 e. The van der Waals surface area contributed by atoms with E-state index in [1.54, 1.807) is 24.3 Å². The van der Waals surface area contributed by atoms with Gasteiger partial charge in [-0.3, -0.25) is 9.59 Å². The van der Waals surface area contributed by atoms with E-state index in [1.165, 1.54) is 6.07 Å². The number of rotatable bonds is 5. The normalized spacial score (nSPS) is 12.1. The molecular formula is C18H14F3N3O2. The fourth-order valence-electron chi connectivity index (χ4n) is 2.25. The lowest BCUT2D eigenvalue weighted by Gasteiger charge is -2.16. The molecule has 0 aliphatic carbocycles. The number of carbonyl (C=O) groups is 2. The van der Waals surface area contributed by atoms with Crippen molar-refractivity contribution in [3.63, 3.8) is 0 Å². The molecule has 2 aromatic rings. The molecule has 8 heteroatoms. The van der Waals surface area contributed by atoms with Gasteiger partial charge < -0.3 is 11.1 Å². The van der Waals surface area contributed by atoms with Crippen molar-refractivity contribution in [3.05, 3.63) is 70.8 Å². The fourth-order valence-corrected chi connectivity index (χ4v) is 2.25. The molecule has 0 spiro atoms. The predicted molar refractivity (Wildman–Crippen MR) is 86.8 cm³/mol. The largest absolute Gasteiger partial charge is 0.416 e. The van der Waals surface area contributed by atoms with Crippen LogP contribution in [0.3, 0.4) is 0 Å². The van der Waals surface area contributed by atoms with Crippen LogP contribution in [0.15, 0.2) is 48.5 Å². The molecule has 2 aromatic carbocycles. The molecule has 0 fully saturated rings. The Kier molecular flexibility index (Phi) is 5.62. The van der Waals surface area contributed by atoms with Crippen LogP contribution in [-0.2, 0) is 17.4 Å². The molecule has 0 aliphatic heterocycles. The summed E-state index contributed by atoms with van der Waals surface area (Å²) in [5, 5.41) is 11.1. The smallest absolute Gasteiger partial charge is 0.368 e. The zero-order valence-electron chi connectivity index (χ0n) is 13.4. The molecule has 0 radical (unpaired) electrons. The summed E-state index contributed by atoms with van der Waals surface area (Å²) in [5.74, 6) is -1.66. The molecule has 0 heterocycles. The maximum absolute atomic E-state index is 12.7. The van der Waals surface area contributed by atoms with E-state index in [2.05, 4.69) is 5.32 Å². The summed E-state index contributed by atoms with van der Waals surface area (Å²) in [4.78, 5) is 23.8. The Bertz CT molecular complexity index is 855. The summed E-state index contributed by atoms with van der Waals surface area (Å²) in [7, 11) is 0. The van der Waals surface area contributed by atoms with Crippen molar-refractivity contribution >= 4 is 11.8 Å². The zero-order valence-corrected chi connectivity index (χ0v) is 13.4. The van der Waals surface area contributed by atoms with Gasteiger partial charge in [-0.15, -0.1) is 0 Å². The minimum absolute atomic E-state index is 0.0474. The molecule has 3 N–H and O–H groups in total. The molecule has 0 aromatic heterocycles. The Hall–Kier alpha value is -3.34. The average molecular weight is 361 g/mol. The van der Waals surface area contributed by atoms with Crippen molar-refractivity contribution in [3.8, 4) is 6.07 Å². The third kappa shape index (κ3) is 4.83. The standard InChI is InChI=1S/C18H14F3N3O2/c19-18(20,21)14-3-1-2-13(9-14)17(26)24-15(16(23)25)8-11-4-6-12(10-22)7-5-11/h1-7,9,15H,8H2,(H2,23,25)(H,24,26)/t15-/m1/s1. The lowest BCUT2D eigenvalue weighted by atomic mass is 10.0. The van der Waals surface area contributed by atoms with E-state index in [0.717, 1.165) is 12.1 Å². The van der Waals surface area contributed by atoms with Crippen molar-refractivity contribution < 1.29 is 22.8 Å². The van der Waals surface area contributed by atoms with Crippen LogP contribution in [-0.4, -0.2) is 17.9 Å². The van der Waals surface area contributed by atoms with Crippen molar-refractivity contribution in [2.75, 3.05) is 0 Å². The van der Waals surface area contributed by atoms with E-state index in [0.29, 0.717) is 17.2 Å². The second-order valence-corrected chi connectivity index (χ2v) is 5.52. The molecule has 0 unspecified atom stereocenters. The first kappa shape index (κ1) is 19.0. The van der Waals surface area contributed by atoms with Gasteiger partial charge in [0.15, 0.2) is 0 Å². The van der Waals surface area contributed by atoms with Gasteiger partial charge in [-0.1, -0.05) is 18.2 Å². The lowest BCUT2D eigenvalue weighted by molar-refractivity contribution is -0.137. The number of hydrogen-bond acceptors (Lipinski definition) is 3. The van der Waals surface area contributed by atoms with Crippen LogP contribution in [0.4, 0.5) is 13.2 Å². The molecule has 134 valence electrons. The topological polar surface area (TPSA) is 96.0 Å². The number of amides is 2. The van der Waals surface area contributed by atoms with Gasteiger partial charge in [0, 0.05) is 12.0 Å². The Morgan fingerprint density at radius 2 is 1.81 bits per heavy atom. The van der Waals surface area contributed by atoms with E-state index in [4.69, 9.17) is 11.0 Å². The van der Waals surface area contributed by atoms with Crippen molar-refractivity contribution in [2.24, 2.45) is 5.73 Å². The van der Waals surface area contributed by atoms with Crippen LogP contribution in [0.1, 0.15) is 27.0 Å². The van der Waals surface area contributed by atoms with E-state index in [1.807, 2.05) is 6.07 Å². The molecule has 2 rings (SSSR count). The fraction of sp³-hybridized carbons (Fsp3) is 0.167. The van der Waals surface area contributed by atoms with Gasteiger partial charge in [0.1, 0.15) is 6.04 Å². The summed E-state index contributed by atoms with van der Waals surface area (Å²) in [6.45, 7) is 0. The number of nitrogens with two attached hydrogens (primary N) is 1. The second kappa shape index (κ2) is 7.70. The van der Waals surface area contributed by atoms with Crippen LogP contribution in [0.2, 0.25) is 0 Å². The minimum atomic E-state index is -4.58. The number of hydrogen-bond donors (Lipinski definition) is 2. The first-order valence-electron chi connectivity index (χ1n) is 7.47. The number of nitrogens with zero attached hydrogens (tertiary/aromatic N) is 1. The van der Waals surface area contributed by atoms with Crippen molar-refractivity contribution in [2.45, 2.75) is 18.6 Å². The Labute approximate surface area is 147 Å². The Morgan fingerprint density at radius 1 is 1.15 bits per heavy atom. The summed E-state index contributed by atoms with van der Waals surface area (Å²) in [6, 6.07) is 11.0. The Balaban J connectivity index is 2.15. The molecule has 0 bridgehead atoms. The van der Waals surface area contributed by atoms with Crippen LogP contribution in [0.5, 0.6) is 0 Å². The monoisotopic (exact) mass is 361 g/mol. The van der Waals surface area contributed by atoms with Gasteiger partial charge in [0.25, 0.3) is 5.91 Å². The highest BCUT2D eigenvalue weighted by atomic mass is 19.4. The molecule has 2 amide bonds. The van der Waals surface area contributed by atoms with Crippen LogP contribution < -0.4 is 11.1 Å². The molecule has 0 aliphatic rings. The minimum Gasteiger partial charge on any atom is -0.368 e. The number of nitriles is 1. The molecule has 1 atom stereocenters. The SMILES string of the molecule is N#Cc1ccc(C[C@@H](NC(=O)c2cccc(C(F)(F)F)c2)C(N)=O)cc1. The maximum atomic E-state index is 12.7. The predicted octanol–water partition coefficient (Wildman–Crippen LogP) is 2.40. The summed E-state index contributed by atoms with van der Waals surface area (Å²) in [5.41, 5.74) is 5.15. The quantitative estimate of drug-likeness (QED) is 0.856. The molecule has 0 saturated heterocycles. The number of carbonyl (C=O) groups excluding carboxylic acids is 2.